The van der Waals surface area contributed by atoms with E-state index in [0.717, 1.165) is 0 Å². The van der Waals surface area contributed by atoms with Crippen LogP contribution in [0.4, 0.5) is 0 Å². The molecule has 0 aromatic heterocycles. The Morgan fingerprint density at radius 3 is 2.33 bits per heavy atom. The van der Waals surface area contributed by atoms with Crippen LogP contribution in [0.5, 0.6) is 11.5 Å². The second-order valence-electron chi connectivity index (χ2n) is 5.49. The summed E-state index contributed by atoms with van der Waals surface area (Å²) in [5.41, 5.74) is 5.92. The van der Waals surface area contributed by atoms with Crippen LogP contribution in [0.25, 0.3) is 0 Å². The van der Waals surface area contributed by atoms with Crippen molar-refractivity contribution in [1.29, 1.82) is 0 Å². The van der Waals surface area contributed by atoms with Crippen LogP contribution in [0.15, 0.2) is 18.2 Å². The van der Waals surface area contributed by atoms with E-state index < -0.39 is 5.54 Å². The summed E-state index contributed by atoms with van der Waals surface area (Å²) in [6.07, 6.45) is 0. The Labute approximate surface area is 126 Å². The highest BCUT2D eigenvalue weighted by atomic mass is 16.5. The number of hydrogen-bond acceptors (Lipinski definition) is 4. The molecule has 5 heteroatoms. The van der Waals surface area contributed by atoms with E-state index >= 15 is 0 Å². The van der Waals surface area contributed by atoms with Crippen LogP contribution in [0.2, 0.25) is 0 Å². The van der Waals surface area contributed by atoms with Gasteiger partial charge in [0.05, 0.1) is 13.2 Å². The number of rotatable bonds is 7. The number of carbonyl (C=O) groups excluding carboxylic acids is 1. The smallest absolute Gasteiger partial charge is 0.251 e. The van der Waals surface area contributed by atoms with Gasteiger partial charge in [-0.15, -0.1) is 0 Å². The van der Waals surface area contributed by atoms with Gasteiger partial charge in [0, 0.05) is 17.1 Å². The summed E-state index contributed by atoms with van der Waals surface area (Å²) in [5, 5.41) is 2.93. The Morgan fingerprint density at radius 2 is 1.81 bits per heavy atom. The first kappa shape index (κ1) is 17.3. The standard InChI is InChI=1S/C16H26N2O3/c1-6-20-13-9-8-12(10-14(13)21-7-2)15(19)18-16(4,5)11(3)17/h8-11H,6-7,17H2,1-5H3,(H,18,19). The summed E-state index contributed by atoms with van der Waals surface area (Å²) < 4.78 is 11.0. The molecular weight excluding hydrogens is 268 g/mol. The van der Waals surface area contributed by atoms with Gasteiger partial charge in [-0.3, -0.25) is 4.79 Å². The summed E-state index contributed by atoms with van der Waals surface area (Å²) >= 11 is 0. The number of hydrogen-bond donors (Lipinski definition) is 2. The van der Waals surface area contributed by atoms with Crippen molar-refractivity contribution in [2.24, 2.45) is 5.73 Å². The van der Waals surface area contributed by atoms with Gasteiger partial charge in [-0.2, -0.15) is 0 Å². The number of nitrogens with two attached hydrogens (primary N) is 1. The van der Waals surface area contributed by atoms with Crippen molar-refractivity contribution in [2.75, 3.05) is 13.2 Å². The Morgan fingerprint density at radius 1 is 1.24 bits per heavy atom. The molecule has 0 bridgehead atoms. The molecule has 1 rings (SSSR count). The molecule has 3 N–H and O–H groups in total. The first-order valence-electron chi connectivity index (χ1n) is 7.29. The van der Waals surface area contributed by atoms with Gasteiger partial charge >= 0.3 is 0 Å². The molecule has 0 heterocycles. The highest BCUT2D eigenvalue weighted by Gasteiger charge is 2.25. The van der Waals surface area contributed by atoms with Gasteiger partial charge in [-0.05, 0) is 52.8 Å². The number of carbonyl (C=O) groups is 1. The van der Waals surface area contributed by atoms with Crippen LogP contribution < -0.4 is 20.5 Å². The Hall–Kier alpha value is -1.75. The zero-order valence-corrected chi connectivity index (χ0v) is 13.5. The maximum atomic E-state index is 12.3. The van der Waals surface area contributed by atoms with Crippen LogP contribution in [-0.2, 0) is 0 Å². The Balaban J connectivity index is 2.97. The average Bonchev–Trinajstić information content (AvgIpc) is 2.40. The molecule has 1 aromatic carbocycles. The zero-order valence-electron chi connectivity index (χ0n) is 13.5. The van der Waals surface area contributed by atoms with Gasteiger partial charge in [0.15, 0.2) is 11.5 Å². The number of ether oxygens (including phenoxy) is 2. The summed E-state index contributed by atoms with van der Waals surface area (Å²) in [6.45, 7) is 10.5. The number of benzene rings is 1. The minimum Gasteiger partial charge on any atom is -0.490 e. The highest BCUT2D eigenvalue weighted by molar-refractivity contribution is 5.95. The minimum absolute atomic E-state index is 0.157. The third-order valence-corrected chi connectivity index (χ3v) is 3.38. The molecule has 1 amide bonds. The number of amides is 1. The van der Waals surface area contributed by atoms with Gasteiger partial charge in [-0.1, -0.05) is 0 Å². The molecule has 0 aliphatic heterocycles. The molecule has 21 heavy (non-hydrogen) atoms. The Bertz CT molecular complexity index is 484. The quantitative estimate of drug-likeness (QED) is 0.809. The van der Waals surface area contributed by atoms with Gasteiger partial charge < -0.3 is 20.5 Å². The zero-order chi connectivity index (χ0) is 16.0. The third-order valence-electron chi connectivity index (χ3n) is 3.38. The topological polar surface area (TPSA) is 73.6 Å². The lowest BCUT2D eigenvalue weighted by atomic mass is 9.96. The molecule has 118 valence electrons. The van der Waals surface area contributed by atoms with Crippen molar-refractivity contribution in [3.05, 3.63) is 23.8 Å². The van der Waals surface area contributed by atoms with Crippen LogP contribution in [0, 0.1) is 0 Å². The molecule has 5 nitrogen and oxygen atoms in total. The third kappa shape index (κ3) is 4.63. The van der Waals surface area contributed by atoms with Crippen LogP contribution in [-0.4, -0.2) is 30.7 Å². The van der Waals surface area contributed by atoms with Crippen molar-refractivity contribution in [1.82, 2.24) is 5.32 Å². The van der Waals surface area contributed by atoms with Gasteiger partial charge in [-0.25, -0.2) is 0 Å². The van der Waals surface area contributed by atoms with Crippen molar-refractivity contribution >= 4 is 5.91 Å². The first-order valence-corrected chi connectivity index (χ1v) is 7.29. The maximum Gasteiger partial charge on any atom is 0.251 e. The predicted octanol–water partition coefficient (Wildman–Crippen LogP) is 2.34. The second-order valence-corrected chi connectivity index (χ2v) is 5.49. The summed E-state index contributed by atoms with van der Waals surface area (Å²) in [4.78, 5) is 12.3. The molecule has 0 aliphatic carbocycles. The Kier molecular flexibility index (Phi) is 6.03. The fourth-order valence-corrected chi connectivity index (χ4v) is 1.67. The largest absolute Gasteiger partial charge is 0.490 e. The van der Waals surface area contributed by atoms with Crippen molar-refractivity contribution < 1.29 is 14.3 Å². The first-order chi connectivity index (χ1) is 9.81. The van der Waals surface area contributed by atoms with E-state index in [1.165, 1.54) is 0 Å². The molecule has 0 spiro atoms. The van der Waals surface area contributed by atoms with Crippen molar-refractivity contribution in [3.8, 4) is 11.5 Å². The lowest BCUT2D eigenvalue weighted by Crippen LogP contribution is -2.54. The van der Waals surface area contributed by atoms with E-state index in [1.807, 2.05) is 34.6 Å². The van der Waals surface area contributed by atoms with E-state index in [9.17, 15) is 4.79 Å². The van der Waals surface area contributed by atoms with Gasteiger partial charge in [0.1, 0.15) is 0 Å². The maximum absolute atomic E-state index is 12.3. The summed E-state index contributed by atoms with van der Waals surface area (Å²) in [6, 6.07) is 5.01. The second kappa shape index (κ2) is 7.31. The monoisotopic (exact) mass is 294 g/mol. The fourth-order valence-electron chi connectivity index (χ4n) is 1.67. The van der Waals surface area contributed by atoms with E-state index in [0.29, 0.717) is 30.3 Å². The molecule has 0 radical (unpaired) electrons. The number of nitrogens with one attached hydrogen (secondary N) is 1. The highest BCUT2D eigenvalue weighted by Crippen LogP contribution is 2.28. The predicted molar refractivity (Wildman–Crippen MR) is 84.0 cm³/mol. The molecule has 1 aromatic rings. The minimum atomic E-state index is -0.485. The molecule has 1 atom stereocenters. The normalized spacial score (nSPS) is 12.7. The van der Waals surface area contributed by atoms with E-state index in [2.05, 4.69) is 5.32 Å². The van der Waals surface area contributed by atoms with E-state index in [1.54, 1.807) is 18.2 Å². The fraction of sp³-hybridized carbons (Fsp3) is 0.562. The lowest BCUT2D eigenvalue weighted by Gasteiger charge is -2.30. The van der Waals surface area contributed by atoms with E-state index in [-0.39, 0.29) is 11.9 Å². The molecule has 0 aliphatic rings. The molecule has 0 fully saturated rings. The molecule has 1 unspecified atom stereocenters. The average molecular weight is 294 g/mol. The summed E-state index contributed by atoms with van der Waals surface area (Å²) in [5.74, 6) is 1.04. The molecule has 0 saturated carbocycles. The lowest BCUT2D eigenvalue weighted by molar-refractivity contribution is 0.0903. The van der Waals surface area contributed by atoms with Crippen molar-refractivity contribution in [2.45, 2.75) is 46.2 Å². The van der Waals surface area contributed by atoms with Crippen LogP contribution in [0.3, 0.4) is 0 Å². The molecular formula is C16H26N2O3. The van der Waals surface area contributed by atoms with Gasteiger partial charge in [0.25, 0.3) is 5.91 Å². The van der Waals surface area contributed by atoms with Crippen molar-refractivity contribution in [3.63, 3.8) is 0 Å². The SMILES string of the molecule is CCOc1ccc(C(=O)NC(C)(C)C(C)N)cc1OCC. The molecule has 0 saturated heterocycles. The van der Waals surface area contributed by atoms with E-state index in [4.69, 9.17) is 15.2 Å². The van der Waals surface area contributed by atoms with Crippen LogP contribution in [0.1, 0.15) is 45.0 Å². The van der Waals surface area contributed by atoms with Gasteiger partial charge in [0.2, 0.25) is 0 Å². The van der Waals surface area contributed by atoms with Crippen LogP contribution >= 0.6 is 0 Å². The summed E-state index contributed by atoms with van der Waals surface area (Å²) in [7, 11) is 0.